The fourth-order valence-electron chi connectivity index (χ4n) is 3.70. The fraction of sp³-hybridized carbons (Fsp3) is 0. The number of rotatable bonds is 3. The Hall–Kier alpha value is -4.59. The number of fused-ring (bicyclic) bond motifs is 2. The van der Waals surface area contributed by atoms with Crippen LogP contribution in [0.1, 0.15) is 11.4 Å². The molecule has 5 rings (SSSR count). The van der Waals surface area contributed by atoms with E-state index in [1.807, 2.05) is 0 Å². The zero-order valence-electron chi connectivity index (χ0n) is 16.0. The van der Waals surface area contributed by atoms with Crippen molar-refractivity contribution in [2.24, 2.45) is 0 Å². The van der Waals surface area contributed by atoms with Crippen LogP contribution < -0.4 is 10.9 Å². The molecule has 0 atom stereocenters. The molecule has 1 N–H and O–H groups in total. The van der Waals surface area contributed by atoms with Gasteiger partial charge in [-0.05, 0) is 30.3 Å². The number of hydrogen-bond donors (Lipinski definition) is 1. The quantitative estimate of drug-likeness (QED) is 0.314. The molecule has 0 radical (unpaired) electrons. The number of nitro benzene ring substituents is 1. The highest BCUT2D eigenvalue weighted by molar-refractivity contribution is 6.34. The summed E-state index contributed by atoms with van der Waals surface area (Å²) >= 11 is 0. The molecular weight excluding hydrogens is 396 g/mol. The Balaban J connectivity index is 1.86. The zero-order valence-corrected chi connectivity index (χ0v) is 16.0. The van der Waals surface area contributed by atoms with E-state index in [4.69, 9.17) is 0 Å². The smallest absolute Gasteiger partial charge is 0.293 e. The second kappa shape index (κ2) is 7.03. The van der Waals surface area contributed by atoms with E-state index in [1.165, 1.54) is 28.8 Å². The topological polar surface area (TPSA) is 107 Å². The number of anilines is 1. The second-order valence-corrected chi connectivity index (χ2v) is 6.93. The lowest BCUT2D eigenvalue weighted by atomic mass is 10.1. The summed E-state index contributed by atoms with van der Waals surface area (Å²) in [5, 5.41) is 14.7. The Morgan fingerprint density at radius 2 is 1.65 bits per heavy atom. The summed E-state index contributed by atoms with van der Waals surface area (Å²) in [7, 11) is 0. The standard InChI is InChI=1S/C23H14N4O4/c28-22-16(14-7-1-3-9-17(14)25-22)13-21-24-18-10-4-2-8-15(18)23(29)26(21)19-11-5-6-12-20(19)27(30)31/h1-13H,(H,25,28). The Labute approximate surface area is 175 Å². The first-order valence-electron chi connectivity index (χ1n) is 9.42. The van der Waals surface area contributed by atoms with E-state index >= 15 is 0 Å². The normalized spacial score (nSPS) is 13.9. The van der Waals surface area contributed by atoms with Gasteiger partial charge in [0.25, 0.3) is 17.2 Å². The Bertz CT molecular complexity index is 1490. The first kappa shape index (κ1) is 18.4. The van der Waals surface area contributed by atoms with Crippen molar-refractivity contribution in [2.45, 2.75) is 0 Å². The summed E-state index contributed by atoms with van der Waals surface area (Å²) in [5.74, 6) is -0.211. The van der Waals surface area contributed by atoms with Crippen LogP contribution in [0.3, 0.4) is 0 Å². The number of carbonyl (C=O) groups is 1. The lowest BCUT2D eigenvalue weighted by Gasteiger charge is -2.12. The highest BCUT2D eigenvalue weighted by Gasteiger charge is 2.26. The van der Waals surface area contributed by atoms with Gasteiger partial charge in [0.05, 0.1) is 21.4 Å². The van der Waals surface area contributed by atoms with Crippen molar-refractivity contribution in [1.82, 2.24) is 9.55 Å². The van der Waals surface area contributed by atoms with Gasteiger partial charge in [0.2, 0.25) is 0 Å². The number of benzene rings is 3. The number of para-hydroxylation sites is 4. The molecule has 8 nitrogen and oxygen atoms in total. The molecule has 1 amide bonds. The summed E-state index contributed by atoms with van der Waals surface area (Å²) in [6.07, 6.45) is 1.49. The summed E-state index contributed by atoms with van der Waals surface area (Å²) < 4.78 is 1.18. The molecule has 150 valence electrons. The number of amides is 1. The third kappa shape index (κ3) is 2.98. The Kier molecular flexibility index (Phi) is 4.18. The molecular formula is C23H14N4O4. The molecule has 0 saturated heterocycles. The van der Waals surface area contributed by atoms with Gasteiger partial charge in [0, 0.05) is 17.3 Å². The fourth-order valence-corrected chi connectivity index (χ4v) is 3.70. The van der Waals surface area contributed by atoms with Crippen molar-refractivity contribution in [1.29, 1.82) is 0 Å². The molecule has 0 spiro atoms. The molecule has 2 heterocycles. The van der Waals surface area contributed by atoms with E-state index in [0.29, 0.717) is 27.7 Å². The Morgan fingerprint density at radius 1 is 0.935 bits per heavy atom. The molecule has 0 bridgehead atoms. The molecule has 0 fully saturated rings. The maximum Gasteiger partial charge on any atom is 0.293 e. The Morgan fingerprint density at radius 3 is 2.48 bits per heavy atom. The SMILES string of the molecule is O=C1Nc2ccccc2C1=Cc1nc2ccccc2c(=O)n1-c1ccccc1[N+](=O)[O-]. The van der Waals surface area contributed by atoms with Crippen molar-refractivity contribution >= 4 is 39.8 Å². The van der Waals surface area contributed by atoms with Gasteiger partial charge in [-0.15, -0.1) is 0 Å². The van der Waals surface area contributed by atoms with Crippen LogP contribution in [0.5, 0.6) is 0 Å². The van der Waals surface area contributed by atoms with Gasteiger partial charge < -0.3 is 5.32 Å². The van der Waals surface area contributed by atoms with E-state index in [0.717, 1.165) is 0 Å². The van der Waals surface area contributed by atoms with Crippen LogP contribution >= 0.6 is 0 Å². The van der Waals surface area contributed by atoms with E-state index in [-0.39, 0.29) is 23.1 Å². The third-order valence-corrected chi connectivity index (χ3v) is 5.10. The van der Waals surface area contributed by atoms with Gasteiger partial charge >= 0.3 is 0 Å². The number of aromatic nitrogens is 2. The maximum absolute atomic E-state index is 13.4. The van der Waals surface area contributed by atoms with Gasteiger partial charge in [0.15, 0.2) is 0 Å². The zero-order chi connectivity index (χ0) is 21.5. The molecule has 0 aliphatic carbocycles. The second-order valence-electron chi connectivity index (χ2n) is 6.93. The third-order valence-electron chi connectivity index (χ3n) is 5.10. The number of carbonyl (C=O) groups excluding carboxylic acids is 1. The largest absolute Gasteiger partial charge is 0.321 e. The molecule has 8 heteroatoms. The molecule has 1 aliphatic rings. The average molecular weight is 410 g/mol. The highest BCUT2D eigenvalue weighted by atomic mass is 16.6. The van der Waals surface area contributed by atoms with Gasteiger partial charge in [-0.1, -0.05) is 42.5 Å². The van der Waals surface area contributed by atoms with Crippen LogP contribution in [0.4, 0.5) is 11.4 Å². The molecule has 0 saturated carbocycles. The summed E-state index contributed by atoms with van der Waals surface area (Å²) in [6.45, 7) is 0. The van der Waals surface area contributed by atoms with Crippen LogP contribution in [-0.2, 0) is 4.79 Å². The van der Waals surface area contributed by atoms with Crippen LogP contribution in [0.25, 0.3) is 28.2 Å². The first-order valence-corrected chi connectivity index (χ1v) is 9.42. The summed E-state index contributed by atoms with van der Waals surface area (Å²) in [6, 6.07) is 19.9. The van der Waals surface area contributed by atoms with Crippen molar-refractivity contribution in [3.8, 4) is 5.69 Å². The molecule has 4 aromatic rings. The highest BCUT2D eigenvalue weighted by Crippen LogP contribution is 2.33. The minimum atomic E-state index is -0.550. The van der Waals surface area contributed by atoms with E-state index < -0.39 is 10.5 Å². The minimum absolute atomic E-state index is 0.0780. The van der Waals surface area contributed by atoms with E-state index in [1.54, 1.807) is 54.6 Å². The molecule has 1 aliphatic heterocycles. The van der Waals surface area contributed by atoms with Gasteiger partial charge in [-0.25, -0.2) is 4.98 Å². The summed E-state index contributed by atoms with van der Waals surface area (Å²) in [4.78, 5) is 41.6. The van der Waals surface area contributed by atoms with Crippen molar-refractivity contribution < 1.29 is 9.72 Å². The summed E-state index contributed by atoms with van der Waals surface area (Å²) in [5.41, 5.74) is 1.46. The van der Waals surface area contributed by atoms with Gasteiger partial charge in [0.1, 0.15) is 11.5 Å². The average Bonchev–Trinajstić information content (AvgIpc) is 3.09. The number of nitrogens with zero attached hydrogens (tertiary/aromatic N) is 3. The lowest BCUT2D eigenvalue weighted by molar-refractivity contribution is -0.384. The number of nitrogens with one attached hydrogen (secondary N) is 1. The van der Waals surface area contributed by atoms with Crippen molar-refractivity contribution in [2.75, 3.05) is 5.32 Å². The van der Waals surface area contributed by atoms with Crippen molar-refractivity contribution in [3.05, 3.63) is 105 Å². The van der Waals surface area contributed by atoms with Gasteiger partial charge in [-0.3, -0.25) is 24.3 Å². The van der Waals surface area contributed by atoms with Crippen molar-refractivity contribution in [3.63, 3.8) is 0 Å². The predicted molar refractivity (Wildman–Crippen MR) is 117 cm³/mol. The van der Waals surface area contributed by atoms with Gasteiger partial charge in [-0.2, -0.15) is 0 Å². The van der Waals surface area contributed by atoms with E-state index in [9.17, 15) is 19.7 Å². The van der Waals surface area contributed by atoms with Crippen LogP contribution in [0.2, 0.25) is 0 Å². The predicted octanol–water partition coefficient (Wildman–Crippen LogP) is 3.79. The van der Waals surface area contributed by atoms with Crippen LogP contribution in [0, 0.1) is 10.1 Å². The molecule has 1 aromatic heterocycles. The van der Waals surface area contributed by atoms with Crippen LogP contribution in [-0.4, -0.2) is 20.4 Å². The molecule has 31 heavy (non-hydrogen) atoms. The molecule has 3 aromatic carbocycles. The van der Waals surface area contributed by atoms with E-state index in [2.05, 4.69) is 10.3 Å². The minimum Gasteiger partial charge on any atom is -0.321 e. The lowest BCUT2D eigenvalue weighted by Crippen LogP contribution is -2.23. The molecule has 0 unspecified atom stereocenters. The first-order chi connectivity index (χ1) is 15.0. The number of hydrogen-bond acceptors (Lipinski definition) is 5. The van der Waals surface area contributed by atoms with Crippen LogP contribution in [0.15, 0.2) is 77.6 Å². The maximum atomic E-state index is 13.4. The monoisotopic (exact) mass is 410 g/mol. The number of nitro groups is 1.